The van der Waals surface area contributed by atoms with Crippen LogP contribution in [-0.4, -0.2) is 45.0 Å². The molecule has 3 aromatic carbocycles. The average Bonchev–Trinajstić information content (AvgIpc) is 3.41. The standard InChI is InChI=1S/C28H23N3O6/c1-14-5-4-6-16(11-14)23-22(24(32)19-9-8-18(37-3)12-15(19)2)25(33)26(34)31(23)28-29-20-10-7-17(27(35)36)13-21(20)30-28/h4-13,23,32H,1-3H3,(H,29,30)(H,35,36)/b24-22+. The number of carboxylic acids is 1. The average molecular weight is 498 g/mol. The minimum absolute atomic E-state index is 0.0509. The highest BCUT2D eigenvalue weighted by molar-refractivity contribution is 6.51. The van der Waals surface area contributed by atoms with Gasteiger partial charge in [-0.2, -0.15) is 0 Å². The number of hydrogen-bond acceptors (Lipinski definition) is 6. The zero-order valence-electron chi connectivity index (χ0n) is 20.3. The van der Waals surface area contributed by atoms with Gasteiger partial charge < -0.3 is 19.9 Å². The first-order chi connectivity index (χ1) is 17.7. The summed E-state index contributed by atoms with van der Waals surface area (Å²) in [5.74, 6) is -2.48. The maximum absolute atomic E-state index is 13.4. The molecule has 0 spiro atoms. The van der Waals surface area contributed by atoms with Gasteiger partial charge >= 0.3 is 11.9 Å². The van der Waals surface area contributed by atoms with E-state index in [4.69, 9.17) is 4.74 Å². The van der Waals surface area contributed by atoms with Crippen molar-refractivity contribution in [1.82, 2.24) is 9.97 Å². The van der Waals surface area contributed by atoms with Gasteiger partial charge in [0.2, 0.25) is 5.95 Å². The van der Waals surface area contributed by atoms with Gasteiger partial charge in [0, 0.05) is 5.56 Å². The number of aromatic nitrogens is 2. The summed E-state index contributed by atoms with van der Waals surface area (Å²) in [4.78, 5) is 46.9. The smallest absolute Gasteiger partial charge is 0.335 e. The number of nitrogens with zero attached hydrogens (tertiary/aromatic N) is 2. The number of anilines is 1. The molecular formula is C28H23N3O6. The summed E-state index contributed by atoms with van der Waals surface area (Å²) in [6.07, 6.45) is 0. The number of carbonyl (C=O) groups is 3. The Hall–Kier alpha value is -4.92. The lowest BCUT2D eigenvalue weighted by molar-refractivity contribution is -0.132. The third kappa shape index (κ3) is 4.00. The van der Waals surface area contributed by atoms with Crippen LogP contribution in [0.2, 0.25) is 0 Å². The Bertz CT molecular complexity index is 1630. The van der Waals surface area contributed by atoms with Crippen molar-refractivity contribution in [1.29, 1.82) is 0 Å². The van der Waals surface area contributed by atoms with Gasteiger partial charge in [-0.3, -0.25) is 14.5 Å². The fourth-order valence-electron chi connectivity index (χ4n) is 4.62. The molecule has 186 valence electrons. The number of ether oxygens (including phenoxy) is 1. The number of aliphatic hydroxyl groups is 1. The summed E-state index contributed by atoms with van der Waals surface area (Å²) < 4.78 is 5.25. The van der Waals surface area contributed by atoms with Crippen molar-refractivity contribution in [3.8, 4) is 5.75 Å². The van der Waals surface area contributed by atoms with E-state index in [1.165, 1.54) is 30.2 Å². The Balaban J connectivity index is 1.73. The second-order valence-electron chi connectivity index (χ2n) is 8.86. The molecule has 1 aliphatic heterocycles. The largest absolute Gasteiger partial charge is 0.507 e. The lowest BCUT2D eigenvalue weighted by Gasteiger charge is -2.23. The molecule has 2 heterocycles. The first kappa shape index (κ1) is 23.8. The molecule has 9 nitrogen and oxygen atoms in total. The molecule has 0 bridgehead atoms. The molecule has 1 aromatic heterocycles. The fourth-order valence-corrected chi connectivity index (χ4v) is 4.62. The number of carboxylic acid groups (broad SMARTS) is 1. The second-order valence-corrected chi connectivity index (χ2v) is 8.86. The fraction of sp³-hybridized carbons (Fsp3) is 0.143. The zero-order chi connectivity index (χ0) is 26.4. The van der Waals surface area contributed by atoms with Gasteiger partial charge in [-0.15, -0.1) is 0 Å². The predicted octanol–water partition coefficient (Wildman–Crippen LogP) is 4.51. The number of methoxy groups -OCH3 is 1. The second kappa shape index (κ2) is 8.94. The summed E-state index contributed by atoms with van der Waals surface area (Å²) in [7, 11) is 1.53. The van der Waals surface area contributed by atoms with E-state index in [0.717, 1.165) is 5.56 Å². The number of carbonyl (C=O) groups excluding carboxylic acids is 2. The molecule has 0 radical (unpaired) electrons. The lowest BCUT2D eigenvalue weighted by Crippen LogP contribution is -2.30. The van der Waals surface area contributed by atoms with Crippen LogP contribution in [-0.2, 0) is 9.59 Å². The SMILES string of the molecule is COc1ccc(/C(O)=C2\C(=O)C(=O)N(c3nc4ccc(C(=O)O)cc4[nH]3)C2c2cccc(C)c2)c(C)c1. The van der Waals surface area contributed by atoms with Crippen molar-refractivity contribution in [2.45, 2.75) is 19.9 Å². The Morgan fingerprint density at radius 3 is 2.49 bits per heavy atom. The van der Waals surface area contributed by atoms with Gasteiger partial charge in [-0.1, -0.05) is 29.8 Å². The molecule has 0 saturated carbocycles. The van der Waals surface area contributed by atoms with Crippen molar-refractivity contribution >= 4 is 40.4 Å². The molecule has 4 aromatic rings. The normalized spacial score (nSPS) is 16.9. The Morgan fingerprint density at radius 2 is 1.81 bits per heavy atom. The van der Waals surface area contributed by atoms with Crippen molar-refractivity contribution in [2.24, 2.45) is 0 Å². The number of hydrogen-bond donors (Lipinski definition) is 3. The minimum atomic E-state index is -1.10. The number of aromatic amines is 1. The van der Waals surface area contributed by atoms with Gasteiger partial charge in [0.15, 0.2) is 0 Å². The van der Waals surface area contributed by atoms with E-state index in [2.05, 4.69) is 9.97 Å². The molecular weight excluding hydrogens is 474 g/mol. The molecule has 1 fully saturated rings. The Kier molecular flexibility index (Phi) is 5.75. The summed E-state index contributed by atoms with van der Waals surface area (Å²) in [5.41, 5.74) is 3.37. The maximum Gasteiger partial charge on any atom is 0.335 e. The van der Waals surface area contributed by atoms with E-state index in [-0.39, 0.29) is 22.8 Å². The van der Waals surface area contributed by atoms with Crippen LogP contribution in [0.5, 0.6) is 5.75 Å². The van der Waals surface area contributed by atoms with Crippen LogP contribution in [0.25, 0.3) is 16.8 Å². The Morgan fingerprint density at radius 1 is 1.03 bits per heavy atom. The highest BCUT2D eigenvalue weighted by Gasteiger charge is 2.48. The molecule has 1 atom stereocenters. The number of H-pyrrole nitrogens is 1. The monoisotopic (exact) mass is 497 g/mol. The number of aromatic carboxylic acids is 1. The lowest BCUT2D eigenvalue weighted by atomic mass is 9.93. The molecule has 9 heteroatoms. The van der Waals surface area contributed by atoms with Crippen LogP contribution in [0.3, 0.4) is 0 Å². The summed E-state index contributed by atoms with van der Waals surface area (Å²) >= 11 is 0. The molecule has 3 N–H and O–H groups in total. The van der Waals surface area contributed by atoms with Crippen LogP contribution < -0.4 is 9.64 Å². The van der Waals surface area contributed by atoms with Crippen molar-refractivity contribution in [3.05, 3.63) is 94.1 Å². The number of amides is 1. The van der Waals surface area contributed by atoms with Gasteiger partial charge in [-0.25, -0.2) is 9.78 Å². The number of aryl methyl sites for hydroxylation is 2. The van der Waals surface area contributed by atoms with Crippen molar-refractivity contribution < 1.29 is 29.3 Å². The van der Waals surface area contributed by atoms with Crippen LogP contribution in [0.1, 0.15) is 38.7 Å². The third-order valence-corrected chi connectivity index (χ3v) is 6.44. The van der Waals surface area contributed by atoms with E-state index in [1.807, 2.05) is 19.1 Å². The summed E-state index contributed by atoms with van der Waals surface area (Å²) in [5, 5.41) is 20.7. The van der Waals surface area contributed by atoms with Gasteiger partial charge in [-0.05, 0) is 61.4 Å². The number of Topliss-reactive ketones (excluding diaryl/α,β-unsaturated/α-hetero) is 1. The molecule has 0 aliphatic carbocycles. The van der Waals surface area contributed by atoms with E-state index in [9.17, 15) is 24.6 Å². The van der Waals surface area contributed by atoms with E-state index in [0.29, 0.717) is 33.5 Å². The van der Waals surface area contributed by atoms with Gasteiger partial charge in [0.1, 0.15) is 11.5 Å². The van der Waals surface area contributed by atoms with Crippen molar-refractivity contribution in [2.75, 3.05) is 12.0 Å². The first-order valence-electron chi connectivity index (χ1n) is 11.4. The molecule has 37 heavy (non-hydrogen) atoms. The molecule has 1 unspecified atom stereocenters. The van der Waals surface area contributed by atoms with E-state index < -0.39 is 23.7 Å². The third-order valence-electron chi connectivity index (χ3n) is 6.44. The Labute approximate surface area is 211 Å². The molecule has 1 amide bonds. The summed E-state index contributed by atoms with van der Waals surface area (Å²) in [6.45, 7) is 3.66. The van der Waals surface area contributed by atoms with Crippen LogP contribution in [0.15, 0.2) is 66.2 Å². The number of aliphatic hydroxyl groups excluding tert-OH is 1. The van der Waals surface area contributed by atoms with E-state index in [1.54, 1.807) is 37.3 Å². The highest BCUT2D eigenvalue weighted by Crippen LogP contribution is 2.42. The number of imidazole rings is 1. The number of rotatable bonds is 5. The molecule has 1 saturated heterocycles. The quantitative estimate of drug-likeness (QED) is 0.210. The van der Waals surface area contributed by atoms with Crippen LogP contribution in [0, 0.1) is 13.8 Å². The summed E-state index contributed by atoms with van der Waals surface area (Å²) in [6, 6.07) is 15.7. The number of fused-ring (bicyclic) bond motifs is 1. The van der Waals surface area contributed by atoms with Crippen molar-refractivity contribution in [3.63, 3.8) is 0 Å². The number of benzene rings is 3. The van der Waals surface area contributed by atoms with E-state index >= 15 is 0 Å². The highest BCUT2D eigenvalue weighted by atomic mass is 16.5. The zero-order valence-corrected chi connectivity index (χ0v) is 20.3. The van der Waals surface area contributed by atoms with Crippen LogP contribution >= 0.6 is 0 Å². The minimum Gasteiger partial charge on any atom is -0.507 e. The number of nitrogens with one attached hydrogen (secondary N) is 1. The van der Waals surface area contributed by atoms with Gasteiger partial charge in [0.05, 0.1) is 35.3 Å². The molecule has 5 rings (SSSR count). The topological polar surface area (TPSA) is 133 Å². The predicted molar refractivity (Wildman–Crippen MR) is 137 cm³/mol. The van der Waals surface area contributed by atoms with Crippen LogP contribution in [0.4, 0.5) is 5.95 Å². The number of ketones is 1. The molecule has 1 aliphatic rings. The maximum atomic E-state index is 13.4. The first-order valence-corrected chi connectivity index (χ1v) is 11.4. The van der Waals surface area contributed by atoms with Gasteiger partial charge in [0.25, 0.3) is 5.78 Å².